The van der Waals surface area contributed by atoms with Crippen molar-refractivity contribution in [2.45, 2.75) is 98.4 Å². The van der Waals surface area contributed by atoms with E-state index in [-0.39, 0.29) is 52.0 Å². The number of nitrogens with zero attached hydrogens (tertiary/aromatic N) is 4. The number of benzene rings is 2. The first-order valence-electron chi connectivity index (χ1n) is 20.8. The van der Waals surface area contributed by atoms with Crippen LogP contribution in [-0.4, -0.2) is 157 Å². The summed E-state index contributed by atoms with van der Waals surface area (Å²) in [4.78, 5) is 74.3. The SMILES string of the molecule is CC(C)(C)OC(=O)CN1CCN(CC(=O)OC(C)(C)C)CCN(C(COCc2ccccc2)C(=O)NCC(=O)OCc2ccccc2)CCN(CC(=O)OC(C)(C)C)CC1. The molecular weight excluding hydrogens is 771 g/mol. The minimum absolute atomic E-state index is 0.0123. The molecule has 0 spiro atoms. The number of hydrogen-bond acceptors (Lipinski definition) is 14. The molecule has 0 radical (unpaired) electrons. The van der Waals surface area contributed by atoms with Crippen LogP contribution in [0.4, 0.5) is 0 Å². The normalized spacial score (nSPS) is 16.4. The van der Waals surface area contributed by atoms with Crippen LogP contribution in [-0.2, 0) is 60.9 Å². The fourth-order valence-corrected chi connectivity index (χ4v) is 6.28. The van der Waals surface area contributed by atoms with Gasteiger partial charge in [-0.2, -0.15) is 0 Å². The molecule has 334 valence electrons. The molecule has 0 aromatic heterocycles. The number of amides is 1. The van der Waals surface area contributed by atoms with Crippen molar-refractivity contribution < 1.29 is 47.7 Å². The Bertz CT molecular complexity index is 1590. The second kappa shape index (κ2) is 24.1. The Morgan fingerprint density at radius 1 is 0.533 bits per heavy atom. The molecule has 60 heavy (non-hydrogen) atoms. The summed E-state index contributed by atoms with van der Waals surface area (Å²) in [5.41, 5.74) is -0.315. The molecule has 1 N–H and O–H groups in total. The van der Waals surface area contributed by atoms with Gasteiger partial charge in [-0.3, -0.25) is 43.6 Å². The number of carbonyl (C=O) groups is 5. The number of hydrogen-bond donors (Lipinski definition) is 1. The molecule has 2 aromatic rings. The van der Waals surface area contributed by atoms with Crippen LogP contribution in [0.5, 0.6) is 0 Å². The molecule has 1 aliphatic rings. The predicted molar refractivity (Wildman–Crippen MR) is 228 cm³/mol. The summed E-state index contributed by atoms with van der Waals surface area (Å²) in [6.45, 7) is 19.1. The first kappa shape index (κ1) is 49.9. The van der Waals surface area contributed by atoms with Crippen molar-refractivity contribution in [3.8, 4) is 0 Å². The van der Waals surface area contributed by atoms with E-state index in [1.165, 1.54) is 0 Å². The smallest absolute Gasteiger partial charge is 0.325 e. The van der Waals surface area contributed by atoms with E-state index in [2.05, 4.69) is 5.32 Å². The van der Waals surface area contributed by atoms with Crippen LogP contribution in [0, 0.1) is 0 Å². The van der Waals surface area contributed by atoms with Crippen LogP contribution in [0.3, 0.4) is 0 Å². The van der Waals surface area contributed by atoms with E-state index >= 15 is 0 Å². The predicted octanol–water partition coefficient (Wildman–Crippen LogP) is 3.68. The Morgan fingerprint density at radius 3 is 1.28 bits per heavy atom. The van der Waals surface area contributed by atoms with Gasteiger partial charge in [0.05, 0.1) is 32.8 Å². The maximum absolute atomic E-state index is 14.1. The summed E-state index contributed by atoms with van der Waals surface area (Å²) in [7, 11) is 0. The van der Waals surface area contributed by atoms with Gasteiger partial charge in [-0.15, -0.1) is 0 Å². The van der Waals surface area contributed by atoms with Crippen LogP contribution in [0.1, 0.15) is 73.4 Å². The molecule has 1 aliphatic heterocycles. The van der Waals surface area contributed by atoms with Gasteiger partial charge in [-0.05, 0) is 73.4 Å². The highest BCUT2D eigenvalue weighted by Crippen LogP contribution is 2.13. The van der Waals surface area contributed by atoms with Crippen molar-refractivity contribution in [2.75, 3.05) is 85.1 Å². The molecule has 0 saturated carbocycles. The number of carbonyl (C=O) groups excluding carboxylic acids is 5. The summed E-state index contributed by atoms with van der Waals surface area (Å²) in [6.07, 6.45) is 0. The first-order valence-corrected chi connectivity index (χ1v) is 20.8. The molecule has 15 heteroatoms. The highest BCUT2D eigenvalue weighted by atomic mass is 16.6. The highest BCUT2D eigenvalue weighted by molar-refractivity contribution is 5.85. The van der Waals surface area contributed by atoms with Crippen LogP contribution >= 0.6 is 0 Å². The summed E-state index contributed by atoms with van der Waals surface area (Å²) >= 11 is 0. The van der Waals surface area contributed by atoms with Crippen molar-refractivity contribution in [3.63, 3.8) is 0 Å². The third-order valence-corrected chi connectivity index (χ3v) is 8.97. The van der Waals surface area contributed by atoms with Gasteiger partial charge >= 0.3 is 23.9 Å². The molecule has 1 amide bonds. The van der Waals surface area contributed by atoms with Crippen LogP contribution in [0.25, 0.3) is 0 Å². The fraction of sp³-hybridized carbons (Fsp3) is 0.622. The maximum atomic E-state index is 14.1. The van der Waals surface area contributed by atoms with E-state index in [1.54, 1.807) is 0 Å². The molecule has 0 bridgehead atoms. The molecule has 1 heterocycles. The Balaban J connectivity index is 1.92. The van der Waals surface area contributed by atoms with E-state index in [0.717, 1.165) is 11.1 Å². The molecule has 2 aromatic carbocycles. The lowest BCUT2D eigenvalue weighted by Gasteiger charge is -2.36. The standard InChI is InChI=1S/C45H69N5O10/c1-43(2,3)58-39(52)29-47-20-22-48(30-40(53)59-44(4,5)6)24-26-50(27-25-49(23-21-47)31-41(54)60-45(7,8)9)37(34-56-32-35-16-12-10-13-17-35)42(55)46-28-38(51)57-33-36-18-14-11-15-19-36/h10-19,37H,20-34H2,1-9H3,(H,46,55). The molecule has 1 fully saturated rings. The van der Waals surface area contributed by atoms with Gasteiger partial charge < -0.3 is 29.0 Å². The number of rotatable bonds is 16. The summed E-state index contributed by atoms with van der Waals surface area (Å²) < 4.78 is 28.7. The quantitative estimate of drug-likeness (QED) is 0.193. The Hall–Kier alpha value is -4.41. The lowest BCUT2D eigenvalue weighted by atomic mass is 10.2. The summed E-state index contributed by atoms with van der Waals surface area (Å²) in [5, 5.41) is 2.77. The monoisotopic (exact) mass is 840 g/mol. The van der Waals surface area contributed by atoms with Gasteiger partial charge in [0.15, 0.2) is 0 Å². The van der Waals surface area contributed by atoms with E-state index in [9.17, 15) is 24.0 Å². The average molecular weight is 840 g/mol. The van der Waals surface area contributed by atoms with Gasteiger partial charge in [0.1, 0.15) is 36.0 Å². The molecule has 0 aliphatic carbocycles. The van der Waals surface area contributed by atoms with Crippen LogP contribution in [0.2, 0.25) is 0 Å². The molecule has 1 atom stereocenters. The van der Waals surface area contributed by atoms with E-state index in [1.807, 2.05) is 143 Å². The summed E-state index contributed by atoms with van der Waals surface area (Å²) in [6, 6.07) is 18.0. The zero-order chi connectivity index (χ0) is 44.3. The van der Waals surface area contributed by atoms with Crippen molar-refractivity contribution in [1.82, 2.24) is 24.9 Å². The van der Waals surface area contributed by atoms with Crippen LogP contribution < -0.4 is 5.32 Å². The molecule has 3 rings (SSSR count). The zero-order valence-corrected chi connectivity index (χ0v) is 37.3. The Morgan fingerprint density at radius 2 is 0.900 bits per heavy atom. The largest absolute Gasteiger partial charge is 0.460 e. The average Bonchev–Trinajstić information content (AvgIpc) is 3.13. The minimum atomic E-state index is -0.867. The number of ether oxygens (including phenoxy) is 5. The van der Waals surface area contributed by atoms with Gasteiger partial charge in [0.25, 0.3) is 0 Å². The number of esters is 4. The third-order valence-electron chi connectivity index (χ3n) is 8.97. The lowest BCUT2D eigenvalue weighted by molar-refractivity contribution is -0.158. The molecule has 1 saturated heterocycles. The summed E-state index contributed by atoms with van der Waals surface area (Å²) in [5.74, 6) is -2.22. The Labute approximate surface area is 356 Å². The second-order valence-corrected chi connectivity index (χ2v) is 18.0. The van der Waals surface area contributed by atoms with Gasteiger partial charge in [0.2, 0.25) is 5.91 Å². The van der Waals surface area contributed by atoms with Crippen molar-refractivity contribution in [1.29, 1.82) is 0 Å². The Kier molecular flexibility index (Phi) is 20.1. The van der Waals surface area contributed by atoms with E-state index in [0.29, 0.717) is 52.4 Å². The number of nitrogens with one attached hydrogen (secondary N) is 1. The molecular formula is C45H69N5O10. The van der Waals surface area contributed by atoms with E-state index in [4.69, 9.17) is 23.7 Å². The van der Waals surface area contributed by atoms with Gasteiger partial charge in [-0.25, -0.2) is 0 Å². The van der Waals surface area contributed by atoms with Gasteiger partial charge in [0, 0.05) is 52.4 Å². The van der Waals surface area contributed by atoms with E-state index < -0.39 is 46.7 Å². The zero-order valence-electron chi connectivity index (χ0n) is 37.3. The topological polar surface area (TPSA) is 156 Å². The fourth-order valence-electron chi connectivity index (χ4n) is 6.28. The van der Waals surface area contributed by atoms with Crippen LogP contribution in [0.15, 0.2) is 60.7 Å². The first-order chi connectivity index (χ1) is 28.1. The minimum Gasteiger partial charge on any atom is -0.460 e. The van der Waals surface area contributed by atoms with Crippen molar-refractivity contribution in [3.05, 3.63) is 71.8 Å². The highest BCUT2D eigenvalue weighted by Gasteiger charge is 2.31. The lowest BCUT2D eigenvalue weighted by Crippen LogP contribution is -2.55. The van der Waals surface area contributed by atoms with Crippen molar-refractivity contribution >= 4 is 29.8 Å². The van der Waals surface area contributed by atoms with Crippen molar-refractivity contribution in [2.24, 2.45) is 0 Å². The van der Waals surface area contributed by atoms with Gasteiger partial charge in [-0.1, -0.05) is 60.7 Å². The molecule has 1 unspecified atom stereocenters. The third kappa shape index (κ3) is 21.7. The second-order valence-electron chi connectivity index (χ2n) is 18.0. The maximum Gasteiger partial charge on any atom is 0.325 e. The molecule has 15 nitrogen and oxygen atoms in total.